The summed E-state index contributed by atoms with van der Waals surface area (Å²) in [6.07, 6.45) is 1.19. The lowest BCUT2D eigenvalue weighted by Crippen LogP contribution is -2.53. The van der Waals surface area contributed by atoms with Gasteiger partial charge in [-0.25, -0.2) is 0 Å². The molecule has 0 aliphatic rings. The predicted octanol–water partition coefficient (Wildman–Crippen LogP) is 6.65. The highest BCUT2D eigenvalue weighted by molar-refractivity contribution is 9.10. The minimum absolute atomic E-state index is 0.00771. The van der Waals surface area contributed by atoms with E-state index in [4.69, 9.17) is 16.3 Å². The molecule has 0 saturated heterocycles. The van der Waals surface area contributed by atoms with Crippen molar-refractivity contribution in [1.82, 2.24) is 10.2 Å². The average Bonchev–Trinajstić information content (AvgIpc) is 2.89. The summed E-state index contributed by atoms with van der Waals surface area (Å²) in [5.74, 6) is 0.121. The van der Waals surface area contributed by atoms with Crippen LogP contribution in [-0.2, 0) is 22.6 Å². The van der Waals surface area contributed by atoms with Crippen LogP contribution in [0.5, 0.6) is 5.75 Å². The highest BCUT2D eigenvalue weighted by atomic mass is 79.9. The van der Waals surface area contributed by atoms with Crippen LogP contribution in [0.4, 0.5) is 0 Å². The summed E-state index contributed by atoms with van der Waals surface area (Å²) < 4.78 is 6.86. The fraction of sp³-hybridized carbons (Fsp3) is 0.333. The summed E-state index contributed by atoms with van der Waals surface area (Å²) in [4.78, 5) is 28.9. The van der Waals surface area contributed by atoms with E-state index in [1.165, 1.54) is 0 Å². The fourth-order valence-electron chi connectivity index (χ4n) is 4.00. The number of benzene rings is 3. The second-order valence-electron chi connectivity index (χ2n) is 9.33. The van der Waals surface area contributed by atoms with E-state index in [0.717, 1.165) is 33.1 Å². The van der Waals surface area contributed by atoms with Gasteiger partial charge in [-0.1, -0.05) is 76.9 Å². The van der Waals surface area contributed by atoms with Crippen molar-refractivity contribution in [3.05, 3.63) is 98.5 Å². The van der Waals surface area contributed by atoms with Crippen molar-refractivity contribution in [3.63, 3.8) is 0 Å². The topological polar surface area (TPSA) is 58.6 Å². The molecule has 3 aromatic rings. The number of amides is 2. The van der Waals surface area contributed by atoms with Crippen molar-refractivity contribution in [3.8, 4) is 5.75 Å². The minimum atomic E-state index is -0.704. The average molecular weight is 586 g/mol. The first-order chi connectivity index (χ1) is 17.7. The quantitative estimate of drug-likeness (QED) is 0.274. The molecule has 0 bridgehead atoms. The van der Waals surface area contributed by atoms with Crippen molar-refractivity contribution >= 4 is 39.3 Å². The van der Waals surface area contributed by atoms with Gasteiger partial charge >= 0.3 is 0 Å². The van der Waals surface area contributed by atoms with Gasteiger partial charge in [0, 0.05) is 28.5 Å². The van der Waals surface area contributed by atoms with Gasteiger partial charge in [0.2, 0.25) is 5.91 Å². The largest absolute Gasteiger partial charge is 0.484 e. The molecular weight excluding hydrogens is 552 g/mol. The number of carbonyl (C=O) groups excluding carboxylic acids is 2. The smallest absolute Gasteiger partial charge is 0.261 e. The van der Waals surface area contributed by atoms with Crippen molar-refractivity contribution < 1.29 is 14.3 Å². The van der Waals surface area contributed by atoms with E-state index in [2.05, 4.69) is 21.2 Å². The van der Waals surface area contributed by atoms with Gasteiger partial charge in [0.1, 0.15) is 11.8 Å². The third kappa shape index (κ3) is 8.34. The Kier molecular flexibility index (Phi) is 10.6. The zero-order chi connectivity index (χ0) is 26.9. The summed E-state index contributed by atoms with van der Waals surface area (Å²) in [5.41, 5.74) is 3.66. The molecule has 3 aromatic carbocycles. The molecule has 3 rings (SSSR count). The van der Waals surface area contributed by atoms with E-state index < -0.39 is 6.04 Å². The third-order valence-electron chi connectivity index (χ3n) is 6.31. The Morgan fingerprint density at radius 2 is 1.62 bits per heavy atom. The van der Waals surface area contributed by atoms with Crippen LogP contribution in [0.1, 0.15) is 42.5 Å². The summed E-state index contributed by atoms with van der Waals surface area (Å²) in [6, 6.07) is 20.4. The molecule has 0 aliphatic heterocycles. The lowest BCUT2D eigenvalue weighted by molar-refractivity contribution is -0.143. The number of halogens is 2. The maximum Gasteiger partial charge on any atom is 0.261 e. The maximum atomic E-state index is 13.7. The highest BCUT2D eigenvalue weighted by Crippen LogP contribution is 2.26. The van der Waals surface area contributed by atoms with Crippen LogP contribution in [0.25, 0.3) is 0 Å². The number of hydrogen-bond acceptors (Lipinski definition) is 3. The monoisotopic (exact) mass is 584 g/mol. The van der Waals surface area contributed by atoms with Gasteiger partial charge in [-0.2, -0.15) is 0 Å². The van der Waals surface area contributed by atoms with Crippen molar-refractivity contribution in [2.45, 2.75) is 59.2 Å². The molecule has 2 unspecified atom stereocenters. The Hall–Kier alpha value is -2.83. The summed E-state index contributed by atoms with van der Waals surface area (Å²) in [6.45, 7) is 7.87. The Morgan fingerprint density at radius 1 is 1.00 bits per heavy atom. The van der Waals surface area contributed by atoms with Gasteiger partial charge in [-0.15, -0.1) is 0 Å². The molecule has 37 heavy (non-hydrogen) atoms. The number of hydrogen-bond donors (Lipinski definition) is 1. The molecule has 0 radical (unpaired) electrons. The number of rotatable bonds is 11. The molecule has 0 aromatic heterocycles. The van der Waals surface area contributed by atoms with E-state index in [9.17, 15) is 9.59 Å². The molecular formula is C30H34BrClN2O3. The van der Waals surface area contributed by atoms with Gasteiger partial charge < -0.3 is 15.0 Å². The number of nitrogens with one attached hydrogen (secondary N) is 1. The molecule has 1 N–H and O–H groups in total. The summed E-state index contributed by atoms with van der Waals surface area (Å²) in [7, 11) is 0. The van der Waals surface area contributed by atoms with E-state index in [1.807, 2.05) is 94.4 Å². The number of carbonyl (C=O) groups is 2. The highest BCUT2D eigenvalue weighted by Gasteiger charge is 2.31. The maximum absolute atomic E-state index is 13.7. The van der Waals surface area contributed by atoms with Crippen LogP contribution in [0, 0.1) is 13.8 Å². The molecule has 196 valence electrons. The second-order valence-corrected chi connectivity index (χ2v) is 10.6. The lowest BCUT2D eigenvalue weighted by Gasteiger charge is -2.32. The zero-order valence-corrected chi connectivity index (χ0v) is 24.1. The normalized spacial score (nSPS) is 12.5. The van der Waals surface area contributed by atoms with Crippen LogP contribution in [0.3, 0.4) is 0 Å². The van der Waals surface area contributed by atoms with Gasteiger partial charge in [0.15, 0.2) is 6.61 Å². The second kappa shape index (κ2) is 13.6. The SMILES string of the molecule is CCC(C)NC(=O)C(Cc1ccccc1)N(Cc1ccc(Br)cc1)C(=O)COc1cc(C)c(Cl)c(C)c1. The minimum Gasteiger partial charge on any atom is -0.484 e. The molecule has 0 aliphatic carbocycles. The van der Waals surface area contributed by atoms with Crippen molar-refractivity contribution in [1.29, 1.82) is 0 Å². The number of ether oxygens (including phenoxy) is 1. The molecule has 2 atom stereocenters. The van der Waals surface area contributed by atoms with Gasteiger partial charge in [-0.05, 0) is 73.7 Å². The van der Waals surface area contributed by atoms with Crippen LogP contribution in [0.15, 0.2) is 71.2 Å². The molecule has 5 nitrogen and oxygen atoms in total. The van der Waals surface area contributed by atoms with Crippen LogP contribution in [0.2, 0.25) is 5.02 Å². The van der Waals surface area contributed by atoms with Gasteiger partial charge in [0.25, 0.3) is 5.91 Å². The summed E-state index contributed by atoms with van der Waals surface area (Å²) >= 11 is 9.76. The fourth-order valence-corrected chi connectivity index (χ4v) is 4.37. The molecule has 0 spiro atoms. The first kappa shape index (κ1) is 28.7. The van der Waals surface area contributed by atoms with Crippen LogP contribution >= 0.6 is 27.5 Å². The Bertz CT molecular complexity index is 1180. The lowest BCUT2D eigenvalue weighted by atomic mass is 10.0. The Labute approximate surface area is 233 Å². The van der Waals surface area contributed by atoms with Gasteiger partial charge in [-0.3, -0.25) is 9.59 Å². The van der Waals surface area contributed by atoms with Crippen LogP contribution in [-0.4, -0.2) is 35.4 Å². The standard InChI is InChI=1S/C30H34BrClN2O3/c1-5-22(4)33-30(36)27(17-23-9-7-6-8-10-23)34(18-24-11-13-25(31)14-12-24)28(35)19-37-26-15-20(2)29(32)21(3)16-26/h6-16,22,27H,5,17-19H2,1-4H3,(H,33,36). The predicted molar refractivity (Wildman–Crippen MR) is 153 cm³/mol. The van der Waals surface area contributed by atoms with Crippen LogP contribution < -0.4 is 10.1 Å². The van der Waals surface area contributed by atoms with E-state index in [1.54, 1.807) is 4.90 Å². The third-order valence-corrected chi connectivity index (χ3v) is 7.44. The molecule has 0 fully saturated rings. The molecule has 0 heterocycles. The first-order valence-electron chi connectivity index (χ1n) is 12.5. The Morgan fingerprint density at radius 3 is 2.22 bits per heavy atom. The van der Waals surface area contributed by atoms with Crippen molar-refractivity contribution in [2.24, 2.45) is 0 Å². The van der Waals surface area contributed by atoms with Gasteiger partial charge in [0.05, 0.1) is 0 Å². The molecule has 0 saturated carbocycles. The number of nitrogens with zero attached hydrogens (tertiary/aromatic N) is 1. The number of aryl methyl sites for hydroxylation is 2. The van der Waals surface area contributed by atoms with Crippen molar-refractivity contribution in [2.75, 3.05) is 6.61 Å². The molecule has 2 amide bonds. The van der Waals surface area contributed by atoms with E-state index >= 15 is 0 Å². The molecule has 7 heteroatoms. The van der Waals surface area contributed by atoms with E-state index in [0.29, 0.717) is 17.2 Å². The summed E-state index contributed by atoms with van der Waals surface area (Å²) in [5, 5.41) is 3.76. The first-order valence-corrected chi connectivity index (χ1v) is 13.6. The van der Waals surface area contributed by atoms with E-state index in [-0.39, 0.29) is 31.0 Å². The zero-order valence-electron chi connectivity index (χ0n) is 21.8. The Balaban J connectivity index is 1.92.